The van der Waals surface area contributed by atoms with E-state index in [1.807, 2.05) is 41.3 Å². The van der Waals surface area contributed by atoms with E-state index in [1.54, 1.807) is 24.1 Å². The molecule has 0 spiro atoms. The van der Waals surface area contributed by atoms with Crippen molar-refractivity contribution < 1.29 is 14.3 Å². The summed E-state index contributed by atoms with van der Waals surface area (Å²) in [5.74, 6) is 0.968. The lowest BCUT2D eigenvalue weighted by molar-refractivity contribution is -0.115. The van der Waals surface area contributed by atoms with Gasteiger partial charge in [-0.3, -0.25) is 9.69 Å². The van der Waals surface area contributed by atoms with E-state index in [0.29, 0.717) is 42.7 Å². The summed E-state index contributed by atoms with van der Waals surface area (Å²) in [5, 5.41) is 2.96. The molecule has 1 N–H and O–H groups in total. The number of benzene rings is 3. The molecule has 0 atom stereocenters. The molecular weight excluding hydrogens is 438 g/mol. The molecule has 1 saturated heterocycles. The van der Waals surface area contributed by atoms with Crippen LogP contribution in [0.2, 0.25) is 0 Å². The Hall–Kier alpha value is -3.80. The topological polar surface area (TPSA) is 61.9 Å². The summed E-state index contributed by atoms with van der Waals surface area (Å²) < 4.78 is 5.57. The summed E-state index contributed by atoms with van der Waals surface area (Å²) in [7, 11) is 1.59. The van der Waals surface area contributed by atoms with E-state index in [2.05, 4.69) is 43.4 Å². The van der Waals surface area contributed by atoms with Crippen molar-refractivity contribution in [3.8, 4) is 5.75 Å². The molecular formula is C29H33N3O3. The second-order valence-corrected chi connectivity index (χ2v) is 9.20. The van der Waals surface area contributed by atoms with Crippen LogP contribution in [0.4, 0.5) is 16.2 Å². The van der Waals surface area contributed by atoms with E-state index in [9.17, 15) is 9.59 Å². The lowest BCUT2D eigenvalue weighted by Crippen LogP contribution is -2.49. The third kappa shape index (κ3) is 6.01. The Morgan fingerprint density at radius 1 is 0.971 bits per heavy atom. The van der Waals surface area contributed by atoms with Gasteiger partial charge in [0.05, 0.1) is 19.2 Å². The summed E-state index contributed by atoms with van der Waals surface area (Å²) in [5.41, 5.74) is 4.64. The van der Waals surface area contributed by atoms with Crippen LogP contribution in [-0.2, 0) is 17.8 Å². The fourth-order valence-electron chi connectivity index (χ4n) is 4.35. The maximum atomic E-state index is 13.5. The summed E-state index contributed by atoms with van der Waals surface area (Å²) in [6, 6.07) is 23.4. The predicted molar refractivity (Wildman–Crippen MR) is 140 cm³/mol. The Kier molecular flexibility index (Phi) is 7.70. The summed E-state index contributed by atoms with van der Waals surface area (Å²) in [6.07, 6.45) is 1.14. The number of ether oxygens (including phenoxy) is 1. The van der Waals surface area contributed by atoms with Gasteiger partial charge in [-0.15, -0.1) is 0 Å². The van der Waals surface area contributed by atoms with Gasteiger partial charge in [0.25, 0.3) is 0 Å². The SMILES string of the molecule is COc1ccc(NC(=O)Cc2ccccc2)cc1N1CCCN(Cc2ccc(C(C)C)cc2)C1=O. The van der Waals surface area contributed by atoms with Crippen LogP contribution in [0.3, 0.4) is 0 Å². The quantitative estimate of drug-likeness (QED) is 0.449. The monoisotopic (exact) mass is 471 g/mol. The molecule has 0 aliphatic carbocycles. The van der Waals surface area contributed by atoms with Crippen LogP contribution in [-0.4, -0.2) is 37.0 Å². The highest BCUT2D eigenvalue weighted by atomic mass is 16.5. The van der Waals surface area contributed by atoms with Crippen molar-refractivity contribution in [2.75, 3.05) is 30.4 Å². The molecule has 1 aliphatic rings. The third-order valence-electron chi connectivity index (χ3n) is 6.29. The first-order valence-electron chi connectivity index (χ1n) is 12.1. The second kappa shape index (κ2) is 11.1. The number of nitrogens with one attached hydrogen (secondary N) is 1. The molecule has 35 heavy (non-hydrogen) atoms. The Morgan fingerprint density at radius 2 is 1.71 bits per heavy atom. The minimum atomic E-state index is -0.108. The van der Waals surface area contributed by atoms with Gasteiger partial charge in [-0.2, -0.15) is 0 Å². The highest BCUT2D eigenvalue weighted by Crippen LogP contribution is 2.34. The van der Waals surface area contributed by atoms with Crippen molar-refractivity contribution in [1.82, 2.24) is 4.90 Å². The first kappa shape index (κ1) is 24.3. The van der Waals surface area contributed by atoms with Crippen molar-refractivity contribution in [3.63, 3.8) is 0 Å². The molecule has 0 saturated carbocycles. The number of nitrogens with zero attached hydrogens (tertiary/aromatic N) is 2. The zero-order chi connectivity index (χ0) is 24.8. The van der Waals surface area contributed by atoms with E-state index >= 15 is 0 Å². The first-order chi connectivity index (χ1) is 16.9. The molecule has 3 aromatic rings. The molecule has 6 nitrogen and oxygen atoms in total. The number of urea groups is 1. The van der Waals surface area contributed by atoms with Gasteiger partial charge in [0.15, 0.2) is 0 Å². The fourth-order valence-corrected chi connectivity index (χ4v) is 4.35. The van der Waals surface area contributed by atoms with Crippen molar-refractivity contribution in [2.45, 2.75) is 39.2 Å². The molecule has 1 aliphatic heterocycles. The normalized spacial score (nSPS) is 13.8. The van der Waals surface area contributed by atoms with Crippen LogP contribution in [0.25, 0.3) is 0 Å². The largest absolute Gasteiger partial charge is 0.495 e. The molecule has 182 valence electrons. The van der Waals surface area contributed by atoms with Gasteiger partial charge in [-0.1, -0.05) is 68.4 Å². The molecule has 6 heteroatoms. The Balaban J connectivity index is 1.49. The molecule has 4 rings (SSSR count). The van der Waals surface area contributed by atoms with E-state index < -0.39 is 0 Å². The highest BCUT2D eigenvalue weighted by molar-refractivity contribution is 5.97. The third-order valence-corrected chi connectivity index (χ3v) is 6.29. The average Bonchev–Trinajstić information content (AvgIpc) is 2.86. The van der Waals surface area contributed by atoms with E-state index in [1.165, 1.54) is 5.56 Å². The molecule has 1 heterocycles. The van der Waals surface area contributed by atoms with Crippen LogP contribution in [0.1, 0.15) is 42.9 Å². The number of hydrogen-bond acceptors (Lipinski definition) is 3. The fraction of sp³-hybridized carbons (Fsp3) is 0.310. The van der Waals surface area contributed by atoms with Gasteiger partial charge in [0.2, 0.25) is 5.91 Å². The van der Waals surface area contributed by atoms with Crippen LogP contribution >= 0.6 is 0 Å². The molecule has 0 aromatic heterocycles. The smallest absolute Gasteiger partial charge is 0.324 e. The van der Waals surface area contributed by atoms with E-state index in [4.69, 9.17) is 4.74 Å². The van der Waals surface area contributed by atoms with Gasteiger partial charge in [-0.25, -0.2) is 4.79 Å². The number of anilines is 2. The molecule has 3 aromatic carbocycles. The summed E-state index contributed by atoms with van der Waals surface area (Å²) in [4.78, 5) is 29.7. The average molecular weight is 472 g/mol. The van der Waals surface area contributed by atoms with E-state index in [0.717, 1.165) is 17.5 Å². The Bertz CT molecular complexity index is 1160. The van der Waals surface area contributed by atoms with Crippen LogP contribution in [0, 0.1) is 0 Å². The zero-order valence-corrected chi connectivity index (χ0v) is 20.7. The van der Waals surface area contributed by atoms with Gasteiger partial charge in [0.1, 0.15) is 5.75 Å². The summed E-state index contributed by atoms with van der Waals surface area (Å²) >= 11 is 0. The molecule has 0 bridgehead atoms. The van der Waals surface area contributed by atoms with E-state index in [-0.39, 0.29) is 18.4 Å². The number of amides is 3. The number of methoxy groups -OCH3 is 1. The number of rotatable bonds is 8. The van der Waals surface area contributed by atoms with Crippen molar-refractivity contribution in [1.29, 1.82) is 0 Å². The minimum Gasteiger partial charge on any atom is -0.495 e. The van der Waals surface area contributed by atoms with Crippen LogP contribution < -0.4 is 15.0 Å². The minimum absolute atomic E-state index is 0.0600. The van der Waals surface area contributed by atoms with Crippen molar-refractivity contribution >= 4 is 23.3 Å². The van der Waals surface area contributed by atoms with Gasteiger partial charge < -0.3 is 15.0 Å². The zero-order valence-electron chi connectivity index (χ0n) is 20.7. The van der Waals surface area contributed by atoms with Crippen LogP contribution in [0.5, 0.6) is 5.75 Å². The number of carbonyl (C=O) groups excluding carboxylic acids is 2. The molecule has 0 unspecified atom stereocenters. The molecule has 1 fully saturated rings. The molecule has 0 radical (unpaired) electrons. The first-order valence-corrected chi connectivity index (χ1v) is 12.1. The van der Waals surface area contributed by atoms with Gasteiger partial charge in [0, 0.05) is 25.3 Å². The summed E-state index contributed by atoms with van der Waals surface area (Å²) in [6.45, 7) is 6.21. The Labute approximate surface area is 207 Å². The highest BCUT2D eigenvalue weighted by Gasteiger charge is 2.29. The second-order valence-electron chi connectivity index (χ2n) is 9.20. The van der Waals surface area contributed by atoms with Crippen molar-refractivity contribution in [3.05, 3.63) is 89.5 Å². The Morgan fingerprint density at radius 3 is 2.40 bits per heavy atom. The standard InChI is InChI=1S/C29H33N3O3/c1-21(2)24-12-10-23(11-13-24)20-31-16-7-17-32(29(31)34)26-19-25(14-15-27(26)35-3)30-28(33)18-22-8-5-4-6-9-22/h4-6,8-15,19,21H,7,16-18,20H2,1-3H3,(H,30,33). The lowest BCUT2D eigenvalue weighted by Gasteiger charge is -2.36. The van der Waals surface area contributed by atoms with Crippen LogP contribution in [0.15, 0.2) is 72.8 Å². The maximum Gasteiger partial charge on any atom is 0.324 e. The van der Waals surface area contributed by atoms with Gasteiger partial charge in [-0.05, 0) is 47.2 Å². The molecule has 3 amide bonds. The number of hydrogen-bond donors (Lipinski definition) is 1. The van der Waals surface area contributed by atoms with Crippen molar-refractivity contribution in [2.24, 2.45) is 0 Å². The van der Waals surface area contributed by atoms with Gasteiger partial charge >= 0.3 is 6.03 Å². The lowest BCUT2D eigenvalue weighted by atomic mass is 10.0. The maximum absolute atomic E-state index is 13.5. The number of carbonyl (C=O) groups is 2. The predicted octanol–water partition coefficient (Wildman–Crippen LogP) is 5.83.